The highest BCUT2D eigenvalue weighted by Gasteiger charge is 2.28. The number of nitrogens with one attached hydrogen (secondary N) is 3. The van der Waals surface area contributed by atoms with E-state index in [1.54, 1.807) is 5.32 Å². The number of amides is 1. The van der Waals surface area contributed by atoms with Crippen LogP contribution in [0.5, 0.6) is 0 Å². The smallest absolute Gasteiger partial charge is 0.343 e. The van der Waals surface area contributed by atoms with Gasteiger partial charge in [-0.3, -0.25) is 4.79 Å². The number of alkyl halides is 3. The van der Waals surface area contributed by atoms with Crippen LogP contribution < -0.4 is 15.4 Å². The summed E-state index contributed by atoms with van der Waals surface area (Å²) >= 11 is 0. The third-order valence-electron chi connectivity index (χ3n) is 2.90. The van der Waals surface area contributed by atoms with Gasteiger partial charge >= 0.3 is 6.18 Å². The normalized spacial score (nSPS) is 11.7. The largest absolute Gasteiger partial charge is 0.405 e. The Morgan fingerprint density at radius 3 is 2.20 bits per heavy atom. The summed E-state index contributed by atoms with van der Waals surface area (Å²) in [5.41, 5.74) is -0.0530. The van der Waals surface area contributed by atoms with Crippen molar-refractivity contribution in [3.05, 3.63) is 29.8 Å². The molecule has 144 valence electrons. The molecule has 0 fully saturated rings. The summed E-state index contributed by atoms with van der Waals surface area (Å²) in [6.07, 6.45) is -3.57. The molecule has 6 nitrogen and oxygen atoms in total. The zero-order valence-corrected chi connectivity index (χ0v) is 15.2. The molecule has 0 atom stereocenters. The van der Waals surface area contributed by atoms with Gasteiger partial charge in [-0.05, 0) is 37.2 Å². The maximum absolute atomic E-state index is 12.0. The minimum atomic E-state index is -4.51. The van der Waals surface area contributed by atoms with E-state index < -0.39 is 28.7 Å². The van der Waals surface area contributed by atoms with Crippen LogP contribution in [-0.2, 0) is 10.0 Å². The Bertz CT molecular complexity index is 637. The summed E-state index contributed by atoms with van der Waals surface area (Å²) < 4.78 is 62.5. The summed E-state index contributed by atoms with van der Waals surface area (Å²) in [6.45, 7) is 2.01. The molecule has 3 N–H and O–H groups in total. The molecule has 0 heterocycles. The van der Waals surface area contributed by atoms with Crippen LogP contribution in [0.1, 0.15) is 23.7 Å². The van der Waals surface area contributed by atoms with Crippen LogP contribution in [0.25, 0.3) is 0 Å². The predicted octanol–water partition coefficient (Wildman–Crippen LogP) is 1.68. The second-order valence-corrected chi connectivity index (χ2v) is 6.74. The number of benzene rings is 1. The highest BCUT2D eigenvalue weighted by Crippen LogP contribution is 2.14. The third-order valence-corrected chi connectivity index (χ3v) is 4.37. The lowest BCUT2D eigenvalue weighted by Gasteiger charge is -2.10. The molecule has 0 aliphatic rings. The van der Waals surface area contributed by atoms with Crippen LogP contribution in [0.2, 0.25) is 0 Å². The number of carbonyl (C=O) groups is 1. The molecule has 1 aromatic carbocycles. The molecular formula is C14H21ClF3N3O3S. The minimum absolute atomic E-state index is 0. The van der Waals surface area contributed by atoms with Crippen molar-refractivity contribution in [2.75, 3.05) is 26.2 Å². The predicted molar refractivity (Wildman–Crippen MR) is 90.4 cm³/mol. The van der Waals surface area contributed by atoms with Crippen molar-refractivity contribution in [3.63, 3.8) is 0 Å². The van der Waals surface area contributed by atoms with Crippen LogP contribution >= 0.6 is 12.4 Å². The van der Waals surface area contributed by atoms with Crippen molar-refractivity contribution in [1.29, 1.82) is 0 Å². The number of halogens is 4. The van der Waals surface area contributed by atoms with Gasteiger partial charge in [0.2, 0.25) is 10.0 Å². The van der Waals surface area contributed by atoms with E-state index in [4.69, 9.17) is 0 Å². The van der Waals surface area contributed by atoms with Gasteiger partial charge in [-0.2, -0.15) is 13.2 Å². The van der Waals surface area contributed by atoms with Crippen molar-refractivity contribution in [3.8, 4) is 0 Å². The average molecular weight is 404 g/mol. The number of rotatable bonds is 9. The molecule has 0 unspecified atom stereocenters. The maximum atomic E-state index is 12.0. The molecule has 0 radical (unpaired) electrons. The monoisotopic (exact) mass is 403 g/mol. The van der Waals surface area contributed by atoms with Crippen LogP contribution in [-0.4, -0.2) is 46.7 Å². The summed E-state index contributed by atoms with van der Waals surface area (Å²) in [5, 5.41) is 4.75. The molecule has 0 saturated heterocycles. The lowest BCUT2D eigenvalue weighted by molar-refractivity contribution is -0.123. The van der Waals surface area contributed by atoms with E-state index in [0.717, 1.165) is 25.1 Å². The molecule has 0 spiro atoms. The van der Waals surface area contributed by atoms with E-state index in [0.29, 0.717) is 6.54 Å². The summed E-state index contributed by atoms with van der Waals surface area (Å²) in [5.74, 6) is -0.923. The summed E-state index contributed by atoms with van der Waals surface area (Å²) in [4.78, 5) is 11.5. The number of carbonyl (C=O) groups excluding carboxylic acids is 1. The van der Waals surface area contributed by atoms with E-state index in [2.05, 4.69) is 10.0 Å². The van der Waals surface area contributed by atoms with Gasteiger partial charge in [0.15, 0.2) is 0 Å². The number of sulfonamides is 1. The lowest BCUT2D eigenvalue weighted by atomic mass is 10.2. The molecule has 0 bridgehead atoms. The Morgan fingerprint density at radius 1 is 1.08 bits per heavy atom. The quantitative estimate of drug-likeness (QED) is 0.547. The lowest BCUT2D eigenvalue weighted by Crippen LogP contribution is -2.34. The Labute approximate surface area is 151 Å². The second kappa shape index (κ2) is 10.6. The van der Waals surface area contributed by atoms with Gasteiger partial charge in [0.05, 0.1) is 4.90 Å². The Balaban J connectivity index is 0.00000576. The van der Waals surface area contributed by atoms with Crippen LogP contribution in [0.15, 0.2) is 29.2 Å². The molecule has 1 rings (SSSR count). The van der Waals surface area contributed by atoms with E-state index in [1.807, 2.05) is 6.92 Å². The molecule has 0 aliphatic carbocycles. The van der Waals surface area contributed by atoms with Crippen molar-refractivity contribution < 1.29 is 26.4 Å². The van der Waals surface area contributed by atoms with Crippen molar-refractivity contribution in [1.82, 2.24) is 15.4 Å². The summed E-state index contributed by atoms with van der Waals surface area (Å²) in [7, 11) is -3.73. The van der Waals surface area contributed by atoms with Crippen LogP contribution in [0.4, 0.5) is 13.2 Å². The fourth-order valence-corrected chi connectivity index (χ4v) is 2.76. The zero-order valence-electron chi connectivity index (χ0n) is 13.5. The zero-order chi connectivity index (χ0) is 18.2. The van der Waals surface area contributed by atoms with Crippen molar-refractivity contribution in [2.24, 2.45) is 0 Å². The SMILES string of the molecule is CCCNCCNS(=O)(=O)c1ccc(C(=O)NCC(F)(F)F)cc1.Cl. The van der Waals surface area contributed by atoms with E-state index in [-0.39, 0.29) is 29.4 Å². The molecule has 0 aliphatic heterocycles. The summed E-state index contributed by atoms with van der Waals surface area (Å²) in [6, 6.07) is 4.67. The van der Waals surface area contributed by atoms with Crippen molar-refractivity contribution in [2.45, 2.75) is 24.4 Å². The van der Waals surface area contributed by atoms with Gasteiger partial charge in [-0.15, -0.1) is 12.4 Å². The van der Waals surface area contributed by atoms with E-state index in [1.165, 1.54) is 12.1 Å². The maximum Gasteiger partial charge on any atom is 0.405 e. The second-order valence-electron chi connectivity index (χ2n) is 4.97. The van der Waals surface area contributed by atoms with Crippen LogP contribution in [0.3, 0.4) is 0 Å². The van der Waals surface area contributed by atoms with E-state index >= 15 is 0 Å². The van der Waals surface area contributed by atoms with Gasteiger partial charge in [-0.1, -0.05) is 6.92 Å². The average Bonchev–Trinajstić information content (AvgIpc) is 2.52. The fraction of sp³-hybridized carbons (Fsp3) is 0.500. The Morgan fingerprint density at radius 2 is 1.68 bits per heavy atom. The van der Waals surface area contributed by atoms with Gasteiger partial charge in [0.25, 0.3) is 5.91 Å². The van der Waals surface area contributed by atoms with Gasteiger partial charge in [0, 0.05) is 18.7 Å². The highest BCUT2D eigenvalue weighted by molar-refractivity contribution is 7.89. The Hall–Kier alpha value is -1.36. The fourth-order valence-electron chi connectivity index (χ4n) is 1.73. The first-order valence-electron chi connectivity index (χ1n) is 7.31. The first-order chi connectivity index (χ1) is 11.2. The number of hydrogen-bond acceptors (Lipinski definition) is 4. The molecule has 25 heavy (non-hydrogen) atoms. The molecule has 1 aromatic rings. The standard InChI is InChI=1S/C14H20F3N3O3S.ClH/c1-2-7-18-8-9-20-24(22,23)12-5-3-11(4-6-12)13(21)19-10-14(15,16)17;/h3-6,18,20H,2,7-10H2,1H3,(H,19,21);1H. The van der Waals surface area contributed by atoms with Gasteiger partial charge in [0.1, 0.15) is 6.54 Å². The van der Waals surface area contributed by atoms with E-state index in [9.17, 15) is 26.4 Å². The van der Waals surface area contributed by atoms with Crippen LogP contribution in [0, 0.1) is 0 Å². The Kier molecular flexibility index (Phi) is 10.0. The molecule has 0 aromatic heterocycles. The molecule has 1 amide bonds. The molecular weight excluding hydrogens is 383 g/mol. The first kappa shape index (κ1) is 23.6. The third kappa shape index (κ3) is 9.05. The molecule has 11 heteroatoms. The topological polar surface area (TPSA) is 87.3 Å². The number of hydrogen-bond donors (Lipinski definition) is 3. The van der Waals surface area contributed by atoms with Crippen molar-refractivity contribution >= 4 is 28.3 Å². The first-order valence-corrected chi connectivity index (χ1v) is 8.79. The van der Waals surface area contributed by atoms with Gasteiger partial charge < -0.3 is 10.6 Å². The minimum Gasteiger partial charge on any atom is -0.343 e. The molecule has 0 saturated carbocycles. The van der Waals surface area contributed by atoms with Gasteiger partial charge in [-0.25, -0.2) is 13.1 Å². The highest BCUT2D eigenvalue weighted by atomic mass is 35.5.